The Labute approximate surface area is 133 Å². The third-order valence-corrected chi connectivity index (χ3v) is 5.40. The van der Waals surface area contributed by atoms with E-state index in [2.05, 4.69) is 33.0 Å². The second-order valence-corrected chi connectivity index (χ2v) is 7.03. The van der Waals surface area contributed by atoms with E-state index in [1.807, 2.05) is 25.1 Å². The molecule has 0 unspecified atom stereocenters. The van der Waals surface area contributed by atoms with E-state index in [0.29, 0.717) is 11.7 Å². The second kappa shape index (κ2) is 5.54. The summed E-state index contributed by atoms with van der Waals surface area (Å²) in [6.45, 7) is 4.30. The molecule has 0 bridgehead atoms. The van der Waals surface area contributed by atoms with Gasteiger partial charge in [-0.2, -0.15) is 4.98 Å². The highest BCUT2D eigenvalue weighted by atomic mass is 79.9. The van der Waals surface area contributed by atoms with Gasteiger partial charge in [0.05, 0.1) is 5.54 Å². The summed E-state index contributed by atoms with van der Waals surface area (Å²) in [4.78, 5) is 4.58. The molecule has 0 radical (unpaired) electrons. The zero-order valence-electron chi connectivity index (χ0n) is 12.4. The van der Waals surface area contributed by atoms with Crippen molar-refractivity contribution in [2.75, 3.05) is 0 Å². The van der Waals surface area contributed by atoms with Gasteiger partial charge in [-0.05, 0) is 56.2 Å². The van der Waals surface area contributed by atoms with Crippen molar-refractivity contribution < 1.29 is 4.52 Å². The average Bonchev–Trinajstić information content (AvgIpc) is 2.96. The van der Waals surface area contributed by atoms with E-state index in [9.17, 15) is 0 Å². The number of nitrogens with zero attached hydrogens (tertiary/aromatic N) is 2. The highest BCUT2D eigenvalue weighted by Crippen LogP contribution is 2.37. The molecule has 0 amide bonds. The van der Waals surface area contributed by atoms with Gasteiger partial charge in [0.25, 0.3) is 5.89 Å². The smallest absolute Gasteiger partial charge is 0.258 e. The Kier molecular flexibility index (Phi) is 3.88. The molecule has 4 nitrogen and oxygen atoms in total. The highest BCUT2D eigenvalue weighted by Gasteiger charge is 2.36. The number of benzene rings is 1. The Morgan fingerprint density at radius 2 is 2.05 bits per heavy atom. The van der Waals surface area contributed by atoms with Crippen LogP contribution in [0.3, 0.4) is 0 Å². The molecule has 0 atom stereocenters. The Bertz CT molecular complexity index is 645. The minimum absolute atomic E-state index is 0.436. The summed E-state index contributed by atoms with van der Waals surface area (Å²) in [6.07, 6.45) is 4.09. The molecule has 3 rings (SSSR count). The third kappa shape index (κ3) is 2.77. The lowest BCUT2D eigenvalue weighted by Gasteiger charge is -2.33. The summed E-state index contributed by atoms with van der Waals surface area (Å²) >= 11 is 3.53. The second-order valence-electron chi connectivity index (χ2n) is 6.17. The molecule has 1 heterocycles. The SMILES string of the molecule is Cc1c(Br)cccc1-c1nc(C2(N)CCC(C)CC2)no1. The molecule has 1 aliphatic carbocycles. The quantitative estimate of drug-likeness (QED) is 0.883. The van der Waals surface area contributed by atoms with E-state index in [1.165, 1.54) is 0 Å². The van der Waals surface area contributed by atoms with E-state index in [4.69, 9.17) is 10.3 Å². The number of nitrogens with two attached hydrogens (primary N) is 1. The Hall–Kier alpha value is -1.20. The maximum absolute atomic E-state index is 6.51. The van der Waals surface area contributed by atoms with Gasteiger partial charge in [0, 0.05) is 10.0 Å². The van der Waals surface area contributed by atoms with Crippen LogP contribution in [0.4, 0.5) is 0 Å². The van der Waals surface area contributed by atoms with Gasteiger partial charge < -0.3 is 10.3 Å². The van der Waals surface area contributed by atoms with Gasteiger partial charge in [-0.15, -0.1) is 0 Å². The van der Waals surface area contributed by atoms with Gasteiger partial charge in [-0.1, -0.05) is 34.1 Å². The molecule has 0 saturated heterocycles. The number of aromatic nitrogens is 2. The van der Waals surface area contributed by atoms with Crippen LogP contribution in [-0.4, -0.2) is 10.1 Å². The lowest BCUT2D eigenvalue weighted by Crippen LogP contribution is -2.41. The van der Waals surface area contributed by atoms with Crippen LogP contribution >= 0.6 is 15.9 Å². The molecular formula is C16H20BrN3O. The maximum Gasteiger partial charge on any atom is 0.258 e. The molecule has 1 fully saturated rings. The summed E-state index contributed by atoms with van der Waals surface area (Å²) < 4.78 is 6.51. The first-order valence-corrected chi connectivity index (χ1v) is 8.17. The predicted molar refractivity (Wildman–Crippen MR) is 85.7 cm³/mol. The third-order valence-electron chi connectivity index (χ3n) is 4.54. The van der Waals surface area contributed by atoms with Crippen molar-refractivity contribution in [1.82, 2.24) is 10.1 Å². The normalized spacial score (nSPS) is 26.0. The average molecular weight is 350 g/mol. The minimum atomic E-state index is -0.436. The minimum Gasteiger partial charge on any atom is -0.334 e. The van der Waals surface area contributed by atoms with E-state index in [-0.39, 0.29) is 0 Å². The molecule has 2 aromatic rings. The molecule has 2 N–H and O–H groups in total. The summed E-state index contributed by atoms with van der Waals surface area (Å²) in [5.74, 6) is 1.93. The number of rotatable bonds is 2. The van der Waals surface area contributed by atoms with Gasteiger partial charge in [0.15, 0.2) is 5.82 Å². The lowest BCUT2D eigenvalue weighted by molar-refractivity contribution is 0.230. The van der Waals surface area contributed by atoms with Crippen LogP contribution in [0.1, 0.15) is 44.0 Å². The zero-order chi connectivity index (χ0) is 15.0. The molecule has 1 saturated carbocycles. The molecule has 5 heteroatoms. The van der Waals surface area contributed by atoms with Crippen LogP contribution in [-0.2, 0) is 5.54 Å². The first-order chi connectivity index (χ1) is 9.99. The predicted octanol–water partition coefficient (Wildman–Crippen LogP) is 4.17. The van der Waals surface area contributed by atoms with E-state index >= 15 is 0 Å². The van der Waals surface area contributed by atoms with Crippen molar-refractivity contribution in [1.29, 1.82) is 0 Å². The molecule has 1 aromatic carbocycles. The first kappa shape index (κ1) is 14.7. The first-order valence-electron chi connectivity index (χ1n) is 7.38. The van der Waals surface area contributed by atoms with Crippen molar-refractivity contribution in [2.45, 2.75) is 45.1 Å². The van der Waals surface area contributed by atoms with Crippen molar-refractivity contribution in [3.8, 4) is 11.5 Å². The van der Waals surface area contributed by atoms with Gasteiger partial charge in [0.1, 0.15) is 0 Å². The molecule has 112 valence electrons. The lowest BCUT2D eigenvalue weighted by atomic mass is 9.77. The molecule has 1 aliphatic rings. The number of hydrogen-bond donors (Lipinski definition) is 1. The summed E-state index contributed by atoms with van der Waals surface area (Å²) in [5, 5.41) is 4.16. The Morgan fingerprint density at radius 3 is 2.76 bits per heavy atom. The van der Waals surface area contributed by atoms with Crippen LogP contribution in [0.2, 0.25) is 0 Å². The molecular weight excluding hydrogens is 330 g/mol. The van der Waals surface area contributed by atoms with Crippen LogP contribution in [0.5, 0.6) is 0 Å². The molecule has 0 aliphatic heterocycles. The van der Waals surface area contributed by atoms with Gasteiger partial charge >= 0.3 is 0 Å². The van der Waals surface area contributed by atoms with Gasteiger partial charge in [-0.25, -0.2) is 0 Å². The van der Waals surface area contributed by atoms with Crippen LogP contribution < -0.4 is 5.73 Å². The molecule has 0 spiro atoms. The van der Waals surface area contributed by atoms with Crippen molar-refractivity contribution in [3.63, 3.8) is 0 Å². The van der Waals surface area contributed by atoms with E-state index < -0.39 is 5.54 Å². The topological polar surface area (TPSA) is 64.9 Å². The van der Waals surface area contributed by atoms with Gasteiger partial charge in [-0.3, -0.25) is 0 Å². The number of hydrogen-bond acceptors (Lipinski definition) is 4. The molecule has 21 heavy (non-hydrogen) atoms. The van der Waals surface area contributed by atoms with E-state index in [1.54, 1.807) is 0 Å². The fourth-order valence-electron chi connectivity index (χ4n) is 2.88. The van der Waals surface area contributed by atoms with Crippen molar-refractivity contribution >= 4 is 15.9 Å². The number of halogens is 1. The largest absolute Gasteiger partial charge is 0.334 e. The zero-order valence-corrected chi connectivity index (χ0v) is 14.0. The fourth-order valence-corrected chi connectivity index (χ4v) is 3.24. The standard InChI is InChI=1S/C16H20BrN3O/c1-10-6-8-16(18,9-7-10)15-19-14(21-20-15)12-4-3-5-13(17)11(12)2/h3-5,10H,6-9,18H2,1-2H3. The molecule has 1 aromatic heterocycles. The maximum atomic E-state index is 6.51. The monoisotopic (exact) mass is 349 g/mol. The Balaban J connectivity index is 1.92. The van der Waals surface area contributed by atoms with Crippen LogP contribution in [0, 0.1) is 12.8 Å². The summed E-state index contributed by atoms with van der Waals surface area (Å²) in [5.41, 5.74) is 8.12. The van der Waals surface area contributed by atoms with Crippen LogP contribution in [0.15, 0.2) is 27.2 Å². The van der Waals surface area contributed by atoms with Gasteiger partial charge in [0.2, 0.25) is 0 Å². The summed E-state index contributed by atoms with van der Waals surface area (Å²) in [7, 11) is 0. The Morgan fingerprint density at radius 1 is 1.33 bits per heavy atom. The summed E-state index contributed by atoms with van der Waals surface area (Å²) in [6, 6.07) is 5.96. The highest BCUT2D eigenvalue weighted by molar-refractivity contribution is 9.10. The van der Waals surface area contributed by atoms with Crippen molar-refractivity contribution in [3.05, 3.63) is 34.1 Å². The van der Waals surface area contributed by atoms with Crippen LogP contribution in [0.25, 0.3) is 11.5 Å². The van der Waals surface area contributed by atoms with E-state index in [0.717, 1.165) is 47.2 Å². The van der Waals surface area contributed by atoms with Crippen molar-refractivity contribution in [2.24, 2.45) is 11.7 Å². The fraction of sp³-hybridized carbons (Fsp3) is 0.500.